The first-order valence-electron chi connectivity index (χ1n) is 4.86. The normalized spacial score (nSPS) is 12.1. The molecule has 0 fully saturated rings. The molecule has 0 amide bonds. The first kappa shape index (κ1) is 13.9. The summed E-state index contributed by atoms with van der Waals surface area (Å²) in [6.07, 6.45) is 0. The summed E-state index contributed by atoms with van der Waals surface area (Å²) in [5, 5.41) is 3.01. The zero-order valence-electron chi connectivity index (χ0n) is 9.15. The topological polar surface area (TPSA) is 12.0 Å². The van der Waals surface area contributed by atoms with Gasteiger partial charge < -0.3 is 5.32 Å². The zero-order chi connectivity index (χ0) is 12.2. The Hall–Kier alpha value is -0.200. The summed E-state index contributed by atoms with van der Waals surface area (Å²) in [5.74, 6) is 0.0612. The first-order chi connectivity index (χ1) is 7.38. The minimum Gasteiger partial charge on any atom is -0.312 e. The van der Waals surface area contributed by atoms with Gasteiger partial charge in [-0.1, -0.05) is 0 Å². The Kier molecular flexibility index (Phi) is 5.14. The highest BCUT2D eigenvalue weighted by Crippen LogP contribution is 2.29. The maximum absolute atomic E-state index is 11.8. The average molecular weight is 269 g/mol. The van der Waals surface area contributed by atoms with Crippen LogP contribution in [0.25, 0.3) is 0 Å². The molecule has 0 bridgehead atoms. The molecule has 0 aliphatic heterocycles. The van der Waals surface area contributed by atoms with Crippen LogP contribution in [0.4, 0.5) is 13.2 Å². The van der Waals surface area contributed by atoms with Crippen molar-refractivity contribution in [1.29, 1.82) is 0 Å². The lowest BCUT2D eigenvalue weighted by molar-refractivity contribution is -0.0327. The Morgan fingerprint density at radius 2 is 2.06 bits per heavy atom. The molecule has 0 saturated carbocycles. The third-order valence-electron chi connectivity index (χ3n) is 2.00. The zero-order valence-corrected chi connectivity index (χ0v) is 10.8. The summed E-state index contributed by atoms with van der Waals surface area (Å²) in [6.45, 7) is 5.08. The predicted molar refractivity (Wildman–Crippen MR) is 64.0 cm³/mol. The Balaban J connectivity index is 2.19. The van der Waals surface area contributed by atoms with Gasteiger partial charge in [-0.2, -0.15) is 13.2 Å². The van der Waals surface area contributed by atoms with Crippen LogP contribution >= 0.6 is 23.1 Å². The number of thiophene rings is 1. The van der Waals surface area contributed by atoms with Gasteiger partial charge >= 0.3 is 5.51 Å². The lowest BCUT2D eigenvalue weighted by Gasteiger charge is -2.06. The molecular weight excluding hydrogens is 255 g/mol. The van der Waals surface area contributed by atoms with Crippen LogP contribution in [-0.4, -0.2) is 17.8 Å². The van der Waals surface area contributed by atoms with Gasteiger partial charge in [0.05, 0.1) is 0 Å². The van der Waals surface area contributed by atoms with E-state index in [-0.39, 0.29) is 17.5 Å². The van der Waals surface area contributed by atoms with Crippen molar-refractivity contribution in [3.05, 3.63) is 21.4 Å². The maximum atomic E-state index is 11.8. The number of aryl methyl sites for hydroxylation is 2. The predicted octanol–water partition coefficient (Wildman–Crippen LogP) is 3.71. The van der Waals surface area contributed by atoms with Crippen LogP contribution < -0.4 is 5.32 Å². The fourth-order valence-electron chi connectivity index (χ4n) is 1.32. The third kappa shape index (κ3) is 5.23. The van der Waals surface area contributed by atoms with Crippen LogP contribution in [0.3, 0.4) is 0 Å². The number of alkyl halides is 3. The van der Waals surface area contributed by atoms with Gasteiger partial charge in [0.15, 0.2) is 0 Å². The van der Waals surface area contributed by atoms with E-state index in [9.17, 15) is 13.2 Å². The van der Waals surface area contributed by atoms with Gasteiger partial charge in [0.2, 0.25) is 0 Å². The fourth-order valence-corrected chi connectivity index (χ4v) is 2.75. The Bertz CT molecular complexity index is 333. The van der Waals surface area contributed by atoms with E-state index >= 15 is 0 Å². The number of thioether (sulfide) groups is 1. The van der Waals surface area contributed by atoms with E-state index in [0.29, 0.717) is 13.1 Å². The van der Waals surface area contributed by atoms with E-state index in [1.807, 2.05) is 13.8 Å². The number of nitrogens with one attached hydrogen (secondary N) is 1. The second-order valence-electron chi connectivity index (χ2n) is 3.41. The summed E-state index contributed by atoms with van der Waals surface area (Å²) >= 11 is 1.73. The van der Waals surface area contributed by atoms with Crippen molar-refractivity contribution in [2.45, 2.75) is 25.9 Å². The molecule has 6 heteroatoms. The van der Waals surface area contributed by atoms with Crippen molar-refractivity contribution in [3.63, 3.8) is 0 Å². The minimum absolute atomic E-state index is 0.0182. The summed E-state index contributed by atoms with van der Waals surface area (Å²) in [6, 6.07) is 2.07. The molecule has 1 aromatic heterocycles. The number of halogens is 3. The van der Waals surface area contributed by atoms with Crippen LogP contribution in [0.2, 0.25) is 0 Å². The van der Waals surface area contributed by atoms with Crippen molar-refractivity contribution < 1.29 is 13.2 Å². The fraction of sp³-hybridized carbons (Fsp3) is 0.600. The Morgan fingerprint density at radius 3 is 2.56 bits per heavy atom. The molecule has 1 nitrogen and oxygen atoms in total. The smallest absolute Gasteiger partial charge is 0.312 e. The minimum atomic E-state index is -4.11. The molecule has 1 N–H and O–H groups in total. The van der Waals surface area contributed by atoms with E-state index in [2.05, 4.69) is 11.4 Å². The molecule has 92 valence electrons. The summed E-state index contributed by atoms with van der Waals surface area (Å²) in [5.41, 5.74) is -2.93. The van der Waals surface area contributed by atoms with E-state index < -0.39 is 5.51 Å². The largest absolute Gasteiger partial charge is 0.441 e. The molecule has 0 aliphatic rings. The monoisotopic (exact) mass is 269 g/mol. The van der Waals surface area contributed by atoms with Crippen molar-refractivity contribution in [1.82, 2.24) is 5.32 Å². The summed E-state index contributed by atoms with van der Waals surface area (Å²) in [4.78, 5) is 2.47. The van der Waals surface area contributed by atoms with Gasteiger partial charge in [0, 0.05) is 28.6 Å². The molecular formula is C10H14F3NS2. The van der Waals surface area contributed by atoms with Crippen LogP contribution in [0, 0.1) is 13.8 Å². The number of hydrogen-bond acceptors (Lipinski definition) is 3. The van der Waals surface area contributed by atoms with Crippen molar-refractivity contribution in [3.8, 4) is 0 Å². The van der Waals surface area contributed by atoms with E-state index in [0.717, 1.165) is 0 Å². The number of hydrogen-bond donors (Lipinski definition) is 1. The van der Waals surface area contributed by atoms with Gasteiger partial charge in [-0.25, -0.2) is 0 Å². The lowest BCUT2D eigenvalue weighted by Crippen LogP contribution is -2.18. The average Bonchev–Trinajstić information content (AvgIpc) is 2.42. The first-order valence-corrected chi connectivity index (χ1v) is 6.66. The maximum Gasteiger partial charge on any atom is 0.441 e. The molecule has 0 aromatic carbocycles. The van der Waals surface area contributed by atoms with E-state index in [1.54, 1.807) is 11.3 Å². The second kappa shape index (κ2) is 5.93. The Morgan fingerprint density at radius 1 is 1.38 bits per heavy atom. The quantitative estimate of drug-likeness (QED) is 0.818. The molecule has 0 saturated heterocycles. The molecule has 0 spiro atoms. The van der Waals surface area contributed by atoms with Crippen LogP contribution in [0.5, 0.6) is 0 Å². The molecule has 0 radical (unpaired) electrons. The van der Waals surface area contributed by atoms with E-state index in [1.165, 1.54) is 15.3 Å². The molecule has 16 heavy (non-hydrogen) atoms. The lowest BCUT2D eigenvalue weighted by atomic mass is 10.2. The number of rotatable bonds is 5. The molecule has 0 atom stereocenters. The molecule has 1 heterocycles. The molecule has 1 aromatic rings. The SMILES string of the molecule is Cc1cc(CNCCSC(F)(F)F)c(C)s1. The highest BCUT2D eigenvalue weighted by molar-refractivity contribution is 8.00. The molecule has 0 unspecified atom stereocenters. The van der Waals surface area contributed by atoms with Crippen molar-refractivity contribution in [2.75, 3.05) is 12.3 Å². The van der Waals surface area contributed by atoms with Crippen LogP contribution in [-0.2, 0) is 6.54 Å². The van der Waals surface area contributed by atoms with Gasteiger partial charge in [-0.15, -0.1) is 11.3 Å². The second-order valence-corrected chi connectivity index (χ2v) is 6.03. The van der Waals surface area contributed by atoms with Gasteiger partial charge in [-0.05, 0) is 37.2 Å². The van der Waals surface area contributed by atoms with Gasteiger partial charge in [0.1, 0.15) is 0 Å². The van der Waals surface area contributed by atoms with Crippen molar-refractivity contribution >= 4 is 23.1 Å². The van der Waals surface area contributed by atoms with Crippen LogP contribution in [0.1, 0.15) is 15.3 Å². The van der Waals surface area contributed by atoms with Crippen molar-refractivity contribution in [2.24, 2.45) is 0 Å². The highest BCUT2D eigenvalue weighted by atomic mass is 32.2. The van der Waals surface area contributed by atoms with E-state index in [4.69, 9.17) is 0 Å². The standard InChI is InChI=1S/C10H14F3NS2/c1-7-5-9(8(2)16-7)6-14-3-4-15-10(11,12)13/h5,14H,3-4,6H2,1-2H3. The molecule has 0 aliphatic carbocycles. The van der Waals surface area contributed by atoms with Gasteiger partial charge in [0.25, 0.3) is 0 Å². The summed E-state index contributed by atoms with van der Waals surface area (Å²) in [7, 11) is 0. The van der Waals surface area contributed by atoms with Crippen LogP contribution in [0.15, 0.2) is 6.07 Å². The third-order valence-corrected chi connectivity index (χ3v) is 3.75. The summed E-state index contributed by atoms with van der Waals surface area (Å²) < 4.78 is 35.4. The highest BCUT2D eigenvalue weighted by Gasteiger charge is 2.27. The van der Waals surface area contributed by atoms with Gasteiger partial charge in [-0.3, -0.25) is 0 Å². The molecule has 1 rings (SSSR count). The Labute approximate surface area is 101 Å².